The average Bonchev–Trinajstić information content (AvgIpc) is 2.87. The molecule has 0 saturated carbocycles. The number of benzene rings is 2. The second kappa shape index (κ2) is 11.9. The molecule has 2 heterocycles. The van der Waals surface area contributed by atoms with Crippen molar-refractivity contribution in [2.24, 2.45) is 5.92 Å². The third-order valence-electron chi connectivity index (χ3n) is 6.62. The molecule has 2 aliphatic rings. The summed E-state index contributed by atoms with van der Waals surface area (Å²) >= 11 is 12.0. The summed E-state index contributed by atoms with van der Waals surface area (Å²) in [4.78, 5) is 17.4. The summed E-state index contributed by atoms with van der Waals surface area (Å²) in [5.74, 6) is -0.379. The van der Waals surface area contributed by atoms with Crippen LogP contribution in [0.25, 0.3) is 6.08 Å². The van der Waals surface area contributed by atoms with Gasteiger partial charge in [0.15, 0.2) is 0 Å². The van der Waals surface area contributed by atoms with Gasteiger partial charge in [-0.15, -0.1) is 0 Å². The lowest BCUT2D eigenvalue weighted by Crippen LogP contribution is -2.53. The normalized spacial score (nSPS) is 20.4. The Morgan fingerprint density at radius 3 is 2.43 bits per heavy atom. The Morgan fingerprint density at radius 2 is 1.71 bits per heavy atom. The van der Waals surface area contributed by atoms with Gasteiger partial charge in [-0.05, 0) is 36.1 Å². The Hall–Kier alpha value is -1.90. The highest BCUT2D eigenvalue weighted by Gasteiger charge is 2.35. The van der Waals surface area contributed by atoms with Gasteiger partial charge in [-0.25, -0.2) is 12.7 Å². The molecule has 9 heteroatoms. The summed E-state index contributed by atoms with van der Waals surface area (Å²) < 4.78 is 27.6. The largest absolute Gasteiger partial charge is 0.340 e. The monoisotopic (exact) mass is 535 g/mol. The number of amides is 1. The van der Waals surface area contributed by atoms with E-state index in [0.717, 1.165) is 26.1 Å². The van der Waals surface area contributed by atoms with Gasteiger partial charge in [0.05, 0.1) is 21.7 Å². The molecule has 0 bridgehead atoms. The van der Waals surface area contributed by atoms with Gasteiger partial charge in [-0.2, -0.15) is 0 Å². The molecule has 35 heavy (non-hydrogen) atoms. The topological polar surface area (TPSA) is 60.9 Å². The van der Waals surface area contributed by atoms with E-state index in [0.29, 0.717) is 41.7 Å². The van der Waals surface area contributed by atoms with Crippen LogP contribution in [0.4, 0.5) is 0 Å². The van der Waals surface area contributed by atoms with Gasteiger partial charge in [0, 0.05) is 45.8 Å². The van der Waals surface area contributed by atoms with Crippen LogP contribution in [0.1, 0.15) is 24.0 Å². The average molecular weight is 537 g/mol. The van der Waals surface area contributed by atoms with Crippen LogP contribution < -0.4 is 0 Å². The summed E-state index contributed by atoms with van der Waals surface area (Å²) in [6.07, 6.45) is 5.68. The molecule has 0 unspecified atom stereocenters. The summed E-state index contributed by atoms with van der Waals surface area (Å²) in [6, 6.07) is 15.1. The van der Waals surface area contributed by atoms with Crippen molar-refractivity contribution in [3.05, 3.63) is 75.8 Å². The van der Waals surface area contributed by atoms with E-state index in [4.69, 9.17) is 23.2 Å². The number of nitrogens with zero attached hydrogens (tertiary/aromatic N) is 3. The Morgan fingerprint density at radius 1 is 0.971 bits per heavy atom. The van der Waals surface area contributed by atoms with Gasteiger partial charge in [0.2, 0.25) is 15.9 Å². The van der Waals surface area contributed by atoms with E-state index in [1.54, 1.807) is 18.2 Å². The van der Waals surface area contributed by atoms with Crippen molar-refractivity contribution >= 4 is 45.2 Å². The fraction of sp³-hybridized carbons (Fsp3) is 0.423. The molecular formula is C26H31Cl2N3O3S. The minimum Gasteiger partial charge on any atom is -0.340 e. The first kappa shape index (κ1) is 26.2. The second-order valence-electron chi connectivity index (χ2n) is 9.14. The predicted octanol–water partition coefficient (Wildman–Crippen LogP) is 4.39. The smallest absolute Gasteiger partial charge is 0.227 e. The van der Waals surface area contributed by atoms with Gasteiger partial charge in [-0.1, -0.05) is 71.8 Å². The minimum absolute atomic E-state index is 0.0684. The number of sulfonamides is 1. The number of carbonyl (C=O) groups is 1. The molecule has 1 atom stereocenters. The third kappa shape index (κ3) is 7.08. The van der Waals surface area contributed by atoms with Crippen LogP contribution in [0.2, 0.25) is 10.0 Å². The summed E-state index contributed by atoms with van der Waals surface area (Å²) in [7, 11) is -3.56. The lowest BCUT2D eigenvalue weighted by atomic mass is 9.98. The molecule has 2 aromatic rings. The van der Waals surface area contributed by atoms with E-state index in [1.165, 1.54) is 9.87 Å². The number of piperidine rings is 1. The van der Waals surface area contributed by atoms with Crippen molar-refractivity contribution in [1.29, 1.82) is 0 Å². The van der Waals surface area contributed by atoms with E-state index in [9.17, 15) is 13.2 Å². The first-order valence-electron chi connectivity index (χ1n) is 12.0. The first-order chi connectivity index (χ1) is 16.8. The highest BCUT2D eigenvalue weighted by molar-refractivity contribution is 7.88. The van der Waals surface area contributed by atoms with Gasteiger partial charge >= 0.3 is 0 Å². The van der Waals surface area contributed by atoms with Gasteiger partial charge in [0.1, 0.15) is 0 Å². The predicted molar refractivity (Wildman–Crippen MR) is 142 cm³/mol. The van der Waals surface area contributed by atoms with E-state index < -0.39 is 10.0 Å². The number of hydrogen-bond acceptors (Lipinski definition) is 4. The van der Waals surface area contributed by atoms with E-state index in [2.05, 4.69) is 29.2 Å². The number of hydrogen-bond donors (Lipinski definition) is 0. The molecule has 0 aliphatic carbocycles. The molecule has 2 aliphatic heterocycles. The first-order valence-corrected chi connectivity index (χ1v) is 14.3. The van der Waals surface area contributed by atoms with Gasteiger partial charge in [0.25, 0.3) is 0 Å². The Kier molecular flexibility index (Phi) is 8.89. The van der Waals surface area contributed by atoms with Crippen molar-refractivity contribution in [1.82, 2.24) is 14.1 Å². The van der Waals surface area contributed by atoms with Crippen LogP contribution in [0, 0.1) is 5.92 Å². The van der Waals surface area contributed by atoms with E-state index in [1.807, 2.05) is 23.1 Å². The molecule has 1 amide bonds. The van der Waals surface area contributed by atoms with Crippen molar-refractivity contribution in [3.63, 3.8) is 0 Å². The number of carbonyl (C=O) groups excluding carboxylic acids is 1. The highest BCUT2D eigenvalue weighted by Crippen LogP contribution is 2.26. The maximum atomic E-state index is 13.2. The quantitative estimate of drug-likeness (QED) is 0.527. The lowest BCUT2D eigenvalue weighted by Gasteiger charge is -2.38. The fourth-order valence-electron chi connectivity index (χ4n) is 4.64. The molecule has 2 saturated heterocycles. The molecule has 0 spiro atoms. The number of piperazine rings is 1. The zero-order chi connectivity index (χ0) is 24.8. The molecule has 2 aromatic carbocycles. The summed E-state index contributed by atoms with van der Waals surface area (Å²) in [6.45, 7) is 4.50. The van der Waals surface area contributed by atoms with Crippen LogP contribution in [0.5, 0.6) is 0 Å². The molecule has 4 rings (SSSR count). The SMILES string of the molecule is O=C([C@H]1CCCN(S(=O)(=O)Cc2ccc(Cl)c(Cl)c2)C1)N1CCN(C/C=C/c2ccccc2)CC1. The molecule has 6 nitrogen and oxygen atoms in total. The van der Waals surface area contributed by atoms with Crippen molar-refractivity contribution in [2.45, 2.75) is 18.6 Å². The van der Waals surface area contributed by atoms with E-state index >= 15 is 0 Å². The molecule has 0 aromatic heterocycles. The third-order valence-corrected chi connectivity index (χ3v) is 9.17. The van der Waals surface area contributed by atoms with Crippen LogP contribution in [0.15, 0.2) is 54.6 Å². The van der Waals surface area contributed by atoms with Gasteiger partial charge in [-0.3, -0.25) is 9.69 Å². The summed E-state index contributed by atoms with van der Waals surface area (Å²) in [5, 5.41) is 0.726. The highest BCUT2D eigenvalue weighted by atomic mass is 35.5. The number of halogens is 2. The lowest BCUT2D eigenvalue weighted by molar-refractivity contribution is -0.138. The molecule has 188 valence electrons. The molecule has 0 N–H and O–H groups in total. The van der Waals surface area contributed by atoms with Crippen molar-refractivity contribution in [3.8, 4) is 0 Å². The van der Waals surface area contributed by atoms with Crippen molar-refractivity contribution in [2.75, 3.05) is 45.8 Å². The van der Waals surface area contributed by atoms with Crippen LogP contribution in [0.3, 0.4) is 0 Å². The van der Waals surface area contributed by atoms with Crippen molar-refractivity contribution < 1.29 is 13.2 Å². The molecule has 0 radical (unpaired) electrons. The maximum absolute atomic E-state index is 13.2. The number of rotatable bonds is 7. The Balaban J connectivity index is 1.28. The Labute approximate surface area is 218 Å². The standard InChI is InChI=1S/C26H31Cl2N3O3S/c27-24-11-10-22(18-25(24)28)20-35(33,34)31-13-5-9-23(19-31)26(32)30-16-14-29(15-17-30)12-4-8-21-6-2-1-3-7-21/h1-4,6-8,10-11,18,23H,5,9,12-17,19-20H2/b8-4+/t23-/m0/s1. The van der Waals surface area contributed by atoms with Crippen LogP contribution in [-0.2, 0) is 20.6 Å². The molecule has 2 fully saturated rings. The minimum atomic E-state index is -3.56. The van der Waals surface area contributed by atoms with E-state index in [-0.39, 0.29) is 24.1 Å². The zero-order valence-electron chi connectivity index (χ0n) is 19.7. The zero-order valence-corrected chi connectivity index (χ0v) is 22.0. The summed E-state index contributed by atoms with van der Waals surface area (Å²) in [5.41, 5.74) is 1.77. The van der Waals surface area contributed by atoms with Crippen LogP contribution in [-0.4, -0.2) is 74.2 Å². The Bertz CT molecular complexity index is 1150. The van der Waals surface area contributed by atoms with Gasteiger partial charge < -0.3 is 4.90 Å². The fourth-order valence-corrected chi connectivity index (χ4v) is 6.56. The maximum Gasteiger partial charge on any atom is 0.227 e. The second-order valence-corrected chi connectivity index (χ2v) is 11.9. The molecular weight excluding hydrogens is 505 g/mol. The van der Waals surface area contributed by atoms with Crippen LogP contribution >= 0.6 is 23.2 Å².